The zero-order valence-electron chi connectivity index (χ0n) is 12.1. The van der Waals surface area contributed by atoms with E-state index in [4.69, 9.17) is 0 Å². The van der Waals surface area contributed by atoms with E-state index in [9.17, 15) is 13.2 Å². The lowest BCUT2D eigenvalue weighted by Gasteiger charge is -2.21. The average molecular weight is 301 g/mol. The van der Waals surface area contributed by atoms with Gasteiger partial charge in [0.05, 0.1) is 0 Å². The second kappa shape index (κ2) is 7.69. The molecule has 1 aromatic rings. The van der Waals surface area contributed by atoms with Crippen LogP contribution in [-0.4, -0.2) is 12.9 Å². The summed E-state index contributed by atoms with van der Waals surface area (Å²) in [4.78, 5) is 0. The van der Waals surface area contributed by atoms with Gasteiger partial charge in [-0.3, -0.25) is 0 Å². The summed E-state index contributed by atoms with van der Waals surface area (Å²) in [6.45, 7) is 1.64. The molecule has 0 atom stereocenters. The summed E-state index contributed by atoms with van der Waals surface area (Å²) in [5, 5.41) is 3.35. The van der Waals surface area contributed by atoms with Crippen LogP contribution in [0.2, 0.25) is 0 Å². The average Bonchev–Trinajstić information content (AvgIpc) is 2.45. The van der Waals surface area contributed by atoms with Gasteiger partial charge in [0.15, 0.2) is 0 Å². The molecule has 0 aliphatic heterocycles. The highest BCUT2D eigenvalue weighted by Crippen LogP contribution is 2.26. The number of rotatable bonds is 6. The van der Waals surface area contributed by atoms with Gasteiger partial charge in [-0.15, -0.1) is 13.2 Å². The Morgan fingerprint density at radius 3 is 2.33 bits per heavy atom. The predicted molar refractivity (Wildman–Crippen MR) is 76.0 cm³/mol. The van der Waals surface area contributed by atoms with E-state index in [1.54, 1.807) is 12.1 Å². The van der Waals surface area contributed by atoms with E-state index in [2.05, 4.69) is 10.1 Å². The molecule has 2 rings (SSSR count). The highest BCUT2D eigenvalue weighted by atomic mass is 19.4. The van der Waals surface area contributed by atoms with Crippen LogP contribution in [0.4, 0.5) is 13.2 Å². The lowest BCUT2D eigenvalue weighted by molar-refractivity contribution is -0.274. The number of halogens is 3. The molecule has 0 spiro atoms. The maximum Gasteiger partial charge on any atom is 0.573 e. The second-order valence-corrected chi connectivity index (χ2v) is 5.66. The summed E-state index contributed by atoms with van der Waals surface area (Å²) < 4.78 is 39.9. The number of alkyl halides is 3. The van der Waals surface area contributed by atoms with E-state index in [0.717, 1.165) is 18.0 Å². The largest absolute Gasteiger partial charge is 0.573 e. The molecule has 1 saturated carbocycles. The molecule has 1 fully saturated rings. The van der Waals surface area contributed by atoms with Gasteiger partial charge in [-0.2, -0.15) is 0 Å². The van der Waals surface area contributed by atoms with Crippen molar-refractivity contribution in [1.82, 2.24) is 5.32 Å². The van der Waals surface area contributed by atoms with E-state index in [0.29, 0.717) is 6.54 Å². The Labute approximate surface area is 123 Å². The fourth-order valence-electron chi connectivity index (χ4n) is 2.82. The third-order valence-electron chi connectivity index (χ3n) is 3.94. The molecule has 118 valence electrons. The molecule has 0 radical (unpaired) electrons. The lowest BCUT2D eigenvalue weighted by Crippen LogP contribution is -2.19. The Bertz CT molecular complexity index is 411. The summed E-state index contributed by atoms with van der Waals surface area (Å²) in [6, 6.07) is 6.03. The monoisotopic (exact) mass is 301 g/mol. The minimum absolute atomic E-state index is 0.173. The summed E-state index contributed by atoms with van der Waals surface area (Å²) in [5.41, 5.74) is 0.966. The fourth-order valence-corrected chi connectivity index (χ4v) is 2.82. The van der Waals surface area contributed by atoms with Crippen molar-refractivity contribution in [3.05, 3.63) is 29.8 Å². The van der Waals surface area contributed by atoms with Gasteiger partial charge in [-0.05, 0) is 36.6 Å². The zero-order chi connectivity index (χ0) is 15.1. The number of ether oxygens (including phenoxy) is 1. The Morgan fingerprint density at radius 2 is 1.71 bits per heavy atom. The van der Waals surface area contributed by atoms with Gasteiger partial charge in [0.1, 0.15) is 5.75 Å². The van der Waals surface area contributed by atoms with Gasteiger partial charge in [0, 0.05) is 6.54 Å². The fraction of sp³-hybridized carbons (Fsp3) is 0.625. The zero-order valence-corrected chi connectivity index (χ0v) is 12.1. The van der Waals surface area contributed by atoms with Crippen molar-refractivity contribution >= 4 is 0 Å². The van der Waals surface area contributed by atoms with Crippen LogP contribution in [0.3, 0.4) is 0 Å². The standard InChI is InChI=1S/C16H22F3NO/c17-16(18,19)21-15-8-6-14(7-9-15)12-20-11-10-13-4-2-1-3-5-13/h6-9,13,20H,1-5,10-12H2. The van der Waals surface area contributed by atoms with Crippen LogP contribution in [0, 0.1) is 5.92 Å². The molecule has 0 aromatic heterocycles. The normalized spacial score (nSPS) is 16.9. The molecule has 0 bridgehead atoms. The molecule has 21 heavy (non-hydrogen) atoms. The van der Waals surface area contributed by atoms with Crippen molar-refractivity contribution in [2.45, 2.75) is 51.4 Å². The maximum atomic E-state index is 12.0. The van der Waals surface area contributed by atoms with Crippen LogP contribution < -0.4 is 10.1 Å². The van der Waals surface area contributed by atoms with Gasteiger partial charge < -0.3 is 10.1 Å². The molecule has 0 unspecified atom stereocenters. The van der Waals surface area contributed by atoms with Crippen molar-refractivity contribution in [3.63, 3.8) is 0 Å². The van der Waals surface area contributed by atoms with E-state index < -0.39 is 6.36 Å². The minimum Gasteiger partial charge on any atom is -0.406 e. The third-order valence-corrected chi connectivity index (χ3v) is 3.94. The summed E-state index contributed by atoms with van der Waals surface area (Å²) in [5.74, 6) is 0.669. The van der Waals surface area contributed by atoms with Crippen LogP contribution in [0.15, 0.2) is 24.3 Å². The van der Waals surface area contributed by atoms with Crippen molar-refractivity contribution in [3.8, 4) is 5.75 Å². The van der Waals surface area contributed by atoms with Crippen molar-refractivity contribution < 1.29 is 17.9 Å². The topological polar surface area (TPSA) is 21.3 Å². The molecule has 1 aromatic carbocycles. The van der Waals surface area contributed by atoms with Crippen molar-refractivity contribution in [2.24, 2.45) is 5.92 Å². The minimum atomic E-state index is -4.63. The maximum absolute atomic E-state index is 12.0. The molecular weight excluding hydrogens is 279 g/mol. The van der Waals surface area contributed by atoms with Crippen LogP contribution in [0.5, 0.6) is 5.75 Å². The quantitative estimate of drug-likeness (QED) is 0.773. The molecular formula is C16H22F3NO. The molecule has 0 saturated heterocycles. The van der Waals surface area contributed by atoms with E-state index in [1.165, 1.54) is 50.7 Å². The van der Waals surface area contributed by atoms with Gasteiger partial charge in [-0.1, -0.05) is 44.2 Å². The second-order valence-electron chi connectivity index (χ2n) is 5.66. The molecule has 0 heterocycles. The van der Waals surface area contributed by atoms with Gasteiger partial charge in [0.2, 0.25) is 0 Å². The first-order valence-corrected chi connectivity index (χ1v) is 7.58. The van der Waals surface area contributed by atoms with Gasteiger partial charge >= 0.3 is 6.36 Å². The molecule has 1 aliphatic rings. The van der Waals surface area contributed by atoms with Gasteiger partial charge in [-0.25, -0.2) is 0 Å². The Kier molecular flexibility index (Phi) is 5.91. The highest BCUT2D eigenvalue weighted by Gasteiger charge is 2.30. The first-order valence-electron chi connectivity index (χ1n) is 7.58. The Morgan fingerprint density at radius 1 is 1.05 bits per heavy atom. The highest BCUT2D eigenvalue weighted by molar-refractivity contribution is 5.27. The van der Waals surface area contributed by atoms with Crippen molar-refractivity contribution in [2.75, 3.05) is 6.54 Å². The summed E-state index contributed by atoms with van der Waals surface area (Å²) >= 11 is 0. The third kappa shape index (κ3) is 6.38. The Balaban J connectivity index is 1.66. The van der Waals surface area contributed by atoms with E-state index in [1.807, 2.05) is 0 Å². The Hall–Kier alpha value is -1.23. The van der Waals surface area contributed by atoms with Crippen LogP contribution in [0.25, 0.3) is 0 Å². The van der Waals surface area contributed by atoms with E-state index in [-0.39, 0.29) is 5.75 Å². The molecule has 1 N–H and O–H groups in total. The smallest absolute Gasteiger partial charge is 0.406 e. The number of hydrogen-bond donors (Lipinski definition) is 1. The first-order chi connectivity index (χ1) is 10.0. The first kappa shape index (κ1) is 16.1. The molecule has 2 nitrogen and oxygen atoms in total. The van der Waals surface area contributed by atoms with Crippen LogP contribution in [-0.2, 0) is 6.54 Å². The SMILES string of the molecule is FC(F)(F)Oc1ccc(CNCCC2CCCCC2)cc1. The number of benzene rings is 1. The predicted octanol–water partition coefficient (Wildman–Crippen LogP) is 4.65. The van der Waals surface area contributed by atoms with Crippen molar-refractivity contribution in [1.29, 1.82) is 0 Å². The molecule has 0 amide bonds. The summed E-state index contributed by atoms with van der Waals surface area (Å²) in [6.07, 6.45) is 3.32. The molecule has 5 heteroatoms. The molecule has 1 aliphatic carbocycles. The summed E-state index contributed by atoms with van der Waals surface area (Å²) in [7, 11) is 0. The van der Waals surface area contributed by atoms with Crippen LogP contribution in [0.1, 0.15) is 44.1 Å². The number of nitrogens with one attached hydrogen (secondary N) is 1. The number of hydrogen-bond acceptors (Lipinski definition) is 2. The van der Waals surface area contributed by atoms with Gasteiger partial charge in [0.25, 0.3) is 0 Å². The lowest BCUT2D eigenvalue weighted by atomic mass is 9.87. The van der Waals surface area contributed by atoms with E-state index >= 15 is 0 Å². The van der Waals surface area contributed by atoms with Crippen LogP contribution >= 0.6 is 0 Å².